The monoisotopic (exact) mass is 253 g/mol. The average Bonchev–Trinajstić information content (AvgIpc) is 2.92. The van der Waals surface area contributed by atoms with Crippen molar-refractivity contribution in [1.29, 1.82) is 0 Å². The molecule has 0 bridgehead atoms. The van der Waals surface area contributed by atoms with Gasteiger partial charge in [-0.1, -0.05) is 16.8 Å². The van der Waals surface area contributed by atoms with Crippen molar-refractivity contribution in [2.75, 3.05) is 5.73 Å². The highest BCUT2D eigenvalue weighted by molar-refractivity contribution is 5.71. The molecule has 0 atom stereocenters. The van der Waals surface area contributed by atoms with Gasteiger partial charge < -0.3 is 10.3 Å². The molecule has 19 heavy (non-hydrogen) atoms. The van der Waals surface area contributed by atoms with Crippen molar-refractivity contribution >= 4 is 5.69 Å². The summed E-state index contributed by atoms with van der Waals surface area (Å²) in [5, 5.41) is 3.89. The first-order valence-corrected chi connectivity index (χ1v) is 5.70. The highest BCUT2D eigenvalue weighted by Crippen LogP contribution is 2.26. The van der Waals surface area contributed by atoms with Crippen molar-refractivity contribution in [2.45, 2.75) is 6.92 Å². The Bertz CT molecular complexity index is 708. The van der Waals surface area contributed by atoms with Gasteiger partial charge in [-0.3, -0.25) is 4.98 Å². The summed E-state index contributed by atoms with van der Waals surface area (Å²) >= 11 is 0. The van der Waals surface area contributed by atoms with Crippen molar-refractivity contribution in [3.05, 3.63) is 42.4 Å². The third-order valence-corrected chi connectivity index (χ3v) is 2.66. The van der Waals surface area contributed by atoms with Crippen LogP contribution in [0.3, 0.4) is 0 Å². The summed E-state index contributed by atoms with van der Waals surface area (Å²) in [6.45, 7) is 1.98. The molecule has 1 aromatic carbocycles. The molecule has 0 aliphatic heterocycles. The number of benzene rings is 1. The van der Waals surface area contributed by atoms with E-state index < -0.39 is 0 Å². The van der Waals surface area contributed by atoms with Gasteiger partial charge >= 0.3 is 0 Å². The van der Waals surface area contributed by atoms with Crippen LogP contribution in [0.2, 0.25) is 0 Å². The summed E-state index contributed by atoms with van der Waals surface area (Å²) in [4.78, 5) is 12.4. The quantitative estimate of drug-likeness (QED) is 0.703. The first kappa shape index (κ1) is 11.3. The highest BCUT2D eigenvalue weighted by Gasteiger charge is 2.13. The number of aryl methyl sites for hydroxylation is 1. The number of nitrogens with two attached hydrogens (primary N) is 1. The van der Waals surface area contributed by atoms with E-state index in [4.69, 9.17) is 10.3 Å². The molecule has 3 rings (SSSR count). The number of anilines is 1. The summed E-state index contributed by atoms with van der Waals surface area (Å²) in [7, 11) is 0. The number of aromatic nitrogens is 4. The van der Waals surface area contributed by atoms with Crippen molar-refractivity contribution in [3.8, 4) is 23.0 Å². The van der Waals surface area contributed by atoms with Crippen LogP contribution < -0.4 is 5.73 Å². The summed E-state index contributed by atoms with van der Waals surface area (Å²) in [5.74, 6) is 0.769. The van der Waals surface area contributed by atoms with Crippen molar-refractivity contribution < 1.29 is 4.52 Å². The Balaban J connectivity index is 2.04. The predicted octanol–water partition coefficient (Wildman–Crippen LogP) is 2.08. The Hall–Kier alpha value is -2.76. The lowest BCUT2D eigenvalue weighted by Gasteiger charge is -2.01. The van der Waals surface area contributed by atoms with Gasteiger partial charge in [0.2, 0.25) is 5.82 Å². The van der Waals surface area contributed by atoms with Gasteiger partial charge in [-0.15, -0.1) is 0 Å². The fourth-order valence-corrected chi connectivity index (χ4v) is 1.71. The second-order valence-electron chi connectivity index (χ2n) is 4.10. The van der Waals surface area contributed by atoms with E-state index >= 15 is 0 Å². The molecule has 2 heterocycles. The molecule has 6 nitrogen and oxygen atoms in total. The molecule has 2 aromatic heterocycles. The SMILES string of the molecule is Cc1ccc(N)c(-c2nc(-c3cnccn3)no2)c1. The maximum Gasteiger partial charge on any atom is 0.260 e. The third kappa shape index (κ3) is 2.15. The Kier molecular flexibility index (Phi) is 2.68. The van der Waals surface area contributed by atoms with Crippen LogP contribution in [0.4, 0.5) is 5.69 Å². The summed E-state index contributed by atoms with van der Waals surface area (Å²) < 4.78 is 5.23. The molecule has 3 aromatic rings. The van der Waals surface area contributed by atoms with E-state index in [1.807, 2.05) is 25.1 Å². The maximum atomic E-state index is 5.91. The number of nitrogen functional groups attached to an aromatic ring is 1. The van der Waals surface area contributed by atoms with Crippen molar-refractivity contribution in [3.63, 3.8) is 0 Å². The van der Waals surface area contributed by atoms with Gasteiger partial charge in [-0.25, -0.2) is 4.98 Å². The Labute approximate surface area is 109 Å². The first-order valence-electron chi connectivity index (χ1n) is 5.70. The molecule has 0 aliphatic carbocycles. The minimum Gasteiger partial charge on any atom is -0.398 e. The van der Waals surface area contributed by atoms with Gasteiger partial charge in [0.1, 0.15) is 5.69 Å². The lowest BCUT2D eigenvalue weighted by molar-refractivity contribution is 0.432. The Morgan fingerprint density at radius 2 is 2.11 bits per heavy atom. The maximum absolute atomic E-state index is 5.91. The molecule has 94 valence electrons. The molecule has 0 radical (unpaired) electrons. The molecule has 0 amide bonds. The lowest BCUT2D eigenvalue weighted by atomic mass is 10.1. The molecule has 0 saturated heterocycles. The van der Waals surface area contributed by atoms with E-state index in [9.17, 15) is 0 Å². The van der Waals surface area contributed by atoms with Crippen molar-refractivity contribution in [1.82, 2.24) is 20.1 Å². The predicted molar refractivity (Wildman–Crippen MR) is 69.9 cm³/mol. The molecule has 6 heteroatoms. The lowest BCUT2D eigenvalue weighted by Crippen LogP contribution is -1.91. The Morgan fingerprint density at radius 1 is 1.21 bits per heavy atom. The summed E-state index contributed by atoms with van der Waals surface area (Å²) in [6, 6.07) is 5.65. The van der Waals surface area contributed by atoms with Crippen LogP contribution in [-0.2, 0) is 0 Å². The van der Waals surface area contributed by atoms with E-state index in [0.717, 1.165) is 11.1 Å². The smallest absolute Gasteiger partial charge is 0.260 e. The minimum absolute atomic E-state index is 0.377. The molecular weight excluding hydrogens is 242 g/mol. The van der Waals surface area contributed by atoms with E-state index in [2.05, 4.69) is 20.1 Å². The zero-order valence-corrected chi connectivity index (χ0v) is 10.2. The molecule has 0 aliphatic rings. The zero-order chi connectivity index (χ0) is 13.2. The first-order chi connectivity index (χ1) is 9.24. The average molecular weight is 253 g/mol. The van der Waals surface area contributed by atoms with E-state index in [-0.39, 0.29) is 0 Å². The zero-order valence-electron chi connectivity index (χ0n) is 10.2. The van der Waals surface area contributed by atoms with Crippen LogP contribution >= 0.6 is 0 Å². The van der Waals surface area contributed by atoms with Crippen molar-refractivity contribution in [2.24, 2.45) is 0 Å². The molecule has 0 saturated carbocycles. The molecule has 0 fully saturated rings. The van der Waals surface area contributed by atoms with E-state index in [1.165, 1.54) is 0 Å². The van der Waals surface area contributed by atoms with Gasteiger partial charge in [0, 0.05) is 18.1 Å². The summed E-state index contributed by atoms with van der Waals surface area (Å²) in [5.41, 5.74) is 8.87. The topological polar surface area (TPSA) is 90.7 Å². The van der Waals surface area contributed by atoms with Crippen LogP contribution in [-0.4, -0.2) is 20.1 Å². The Morgan fingerprint density at radius 3 is 2.89 bits per heavy atom. The normalized spacial score (nSPS) is 10.6. The largest absolute Gasteiger partial charge is 0.398 e. The second-order valence-corrected chi connectivity index (χ2v) is 4.10. The molecule has 2 N–H and O–H groups in total. The number of rotatable bonds is 2. The van der Waals surface area contributed by atoms with Gasteiger partial charge in [-0.05, 0) is 19.1 Å². The molecule has 0 spiro atoms. The van der Waals surface area contributed by atoms with E-state index in [1.54, 1.807) is 18.6 Å². The minimum atomic E-state index is 0.377. The number of nitrogens with zero attached hydrogens (tertiary/aromatic N) is 4. The van der Waals surface area contributed by atoms with Crippen LogP contribution in [0.25, 0.3) is 23.0 Å². The van der Waals surface area contributed by atoms with Crippen LogP contribution in [0.5, 0.6) is 0 Å². The van der Waals surface area contributed by atoms with Crippen LogP contribution in [0.15, 0.2) is 41.3 Å². The fraction of sp³-hybridized carbons (Fsp3) is 0.0769. The number of hydrogen-bond acceptors (Lipinski definition) is 6. The van der Waals surface area contributed by atoms with Crippen LogP contribution in [0, 0.1) is 6.92 Å². The van der Waals surface area contributed by atoms with Gasteiger partial charge in [0.15, 0.2) is 0 Å². The van der Waals surface area contributed by atoms with Gasteiger partial charge in [0.05, 0.1) is 11.8 Å². The van der Waals surface area contributed by atoms with E-state index in [0.29, 0.717) is 23.1 Å². The standard InChI is InChI=1S/C13H11N5O/c1-8-2-3-10(14)9(6-8)13-17-12(18-19-13)11-7-15-4-5-16-11/h2-7H,14H2,1H3. The van der Waals surface area contributed by atoms with Gasteiger partial charge in [0.25, 0.3) is 5.89 Å². The summed E-state index contributed by atoms with van der Waals surface area (Å²) in [6.07, 6.45) is 4.74. The molecule has 0 unspecified atom stereocenters. The highest BCUT2D eigenvalue weighted by atomic mass is 16.5. The fourth-order valence-electron chi connectivity index (χ4n) is 1.71. The number of hydrogen-bond donors (Lipinski definition) is 1. The third-order valence-electron chi connectivity index (χ3n) is 2.66. The van der Waals surface area contributed by atoms with Crippen LogP contribution in [0.1, 0.15) is 5.56 Å². The molecular formula is C13H11N5O. The van der Waals surface area contributed by atoms with Gasteiger partial charge in [-0.2, -0.15) is 4.98 Å². The second kappa shape index (κ2) is 4.49.